The summed E-state index contributed by atoms with van der Waals surface area (Å²) in [6, 6.07) is 7.86. The predicted octanol–water partition coefficient (Wildman–Crippen LogP) is 3.32. The molecule has 0 aliphatic carbocycles. The Balaban J connectivity index is 2.45. The van der Waals surface area contributed by atoms with Crippen molar-refractivity contribution in [3.8, 4) is 5.75 Å². The normalized spacial score (nSPS) is 11.9. The second kappa shape index (κ2) is 8.57. The Morgan fingerprint density at radius 2 is 2.00 bits per heavy atom. The van der Waals surface area contributed by atoms with Crippen molar-refractivity contribution in [3.05, 3.63) is 29.8 Å². The average molecular weight is 263 g/mol. The highest BCUT2D eigenvalue weighted by atomic mass is 16.5. The van der Waals surface area contributed by atoms with E-state index in [2.05, 4.69) is 19.2 Å². The first-order valence-corrected chi connectivity index (χ1v) is 7.21. The van der Waals surface area contributed by atoms with Gasteiger partial charge in [-0.05, 0) is 31.4 Å². The molecule has 1 N–H and O–H groups in total. The lowest BCUT2D eigenvalue weighted by molar-refractivity contribution is -0.127. The highest BCUT2D eigenvalue weighted by Gasteiger charge is 2.15. The average Bonchev–Trinajstić information content (AvgIpc) is 2.44. The van der Waals surface area contributed by atoms with Gasteiger partial charge in [0.2, 0.25) is 0 Å². The van der Waals surface area contributed by atoms with Gasteiger partial charge < -0.3 is 10.1 Å². The summed E-state index contributed by atoms with van der Waals surface area (Å²) in [5.74, 6) is 0.767. The Morgan fingerprint density at radius 3 is 2.68 bits per heavy atom. The second-order valence-corrected chi connectivity index (χ2v) is 4.72. The van der Waals surface area contributed by atoms with Gasteiger partial charge in [-0.1, -0.05) is 44.9 Å². The third-order valence-corrected chi connectivity index (χ3v) is 3.11. The van der Waals surface area contributed by atoms with Gasteiger partial charge in [-0.3, -0.25) is 4.79 Å². The van der Waals surface area contributed by atoms with E-state index >= 15 is 0 Å². The van der Waals surface area contributed by atoms with Crippen LogP contribution in [-0.2, 0) is 11.2 Å². The molecule has 0 heterocycles. The first kappa shape index (κ1) is 15.5. The molecule has 3 nitrogen and oxygen atoms in total. The van der Waals surface area contributed by atoms with Crippen LogP contribution in [-0.4, -0.2) is 18.6 Å². The fourth-order valence-electron chi connectivity index (χ4n) is 1.89. The molecular weight excluding hydrogens is 238 g/mol. The lowest BCUT2D eigenvalue weighted by atomic mass is 10.1. The summed E-state index contributed by atoms with van der Waals surface area (Å²) in [6.45, 7) is 6.75. The maximum absolute atomic E-state index is 11.9. The van der Waals surface area contributed by atoms with Crippen molar-refractivity contribution in [2.75, 3.05) is 6.54 Å². The Bertz CT molecular complexity index is 390. The maximum Gasteiger partial charge on any atom is 0.260 e. The molecule has 1 aromatic rings. The Hall–Kier alpha value is -1.51. The summed E-state index contributed by atoms with van der Waals surface area (Å²) in [5, 5.41) is 2.91. The van der Waals surface area contributed by atoms with Crippen LogP contribution in [0.5, 0.6) is 5.75 Å². The molecule has 1 amide bonds. The fourth-order valence-corrected chi connectivity index (χ4v) is 1.89. The van der Waals surface area contributed by atoms with Crippen LogP contribution >= 0.6 is 0 Å². The number of carbonyl (C=O) groups excluding carboxylic acids is 1. The molecule has 1 atom stereocenters. The Morgan fingerprint density at radius 1 is 1.26 bits per heavy atom. The van der Waals surface area contributed by atoms with Gasteiger partial charge in [0.05, 0.1) is 0 Å². The second-order valence-electron chi connectivity index (χ2n) is 4.72. The van der Waals surface area contributed by atoms with Gasteiger partial charge in [-0.2, -0.15) is 0 Å². The van der Waals surface area contributed by atoms with Crippen LogP contribution in [0, 0.1) is 0 Å². The van der Waals surface area contributed by atoms with E-state index in [4.69, 9.17) is 4.74 Å². The number of hydrogen-bond acceptors (Lipinski definition) is 2. The fraction of sp³-hybridized carbons (Fsp3) is 0.562. The van der Waals surface area contributed by atoms with Crippen molar-refractivity contribution in [2.45, 2.75) is 52.6 Å². The molecule has 0 fully saturated rings. The monoisotopic (exact) mass is 263 g/mol. The molecule has 0 spiro atoms. The van der Waals surface area contributed by atoms with E-state index < -0.39 is 6.10 Å². The molecule has 106 valence electrons. The molecular formula is C16H25NO2. The van der Waals surface area contributed by atoms with Crippen molar-refractivity contribution in [1.29, 1.82) is 0 Å². The summed E-state index contributed by atoms with van der Waals surface area (Å²) in [4.78, 5) is 11.9. The quantitative estimate of drug-likeness (QED) is 0.731. The van der Waals surface area contributed by atoms with E-state index in [0.29, 0.717) is 0 Å². The van der Waals surface area contributed by atoms with Crippen LogP contribution < -0.4 is 10.1 Å². The highest BCUT2D eigenvalue weighted by Crippen LogP contribution is 2.19. The number of aryl methyl sites for hydroxylation is 1. The molecule has 1 aromatic carbocycles. The molecule has 0 aliphatic heterocycles. The van der Waals surface area contributed by atoms with Crippen molar-refractivity contribution >= 4 is 5.91 Å². The number of unbranched alkanes of at least 4 members (excludes halogenated alkanes) is 2. The van der Waals surface area contributed by atoms with Gasteiger partial charge in [-0.25, -0.2) is 0 Å². The zero-order valence-corrected chi connectivity index (χ0v) is 12.2. The summed E-state index contributed by atoms with van der Waals surface area (Å²) >= 11 is 0. The minimum atomic E-state index is -0.450. The van der Waals surface area contributed by atoms with Crippen molar-refractivity contribution in [2.24, 2.45) is 0 Å². The summed E-state index contributed by atoms with van der Waals surface area (Å²) in [5.41, 5.74) is 1.13. The van der Waals surface area contributed by atoms with E-state index in [0.717, 1.165) is 43.5 Å². The third kappa shape index (κ3) is 5.33. The molecule has 0 unspecified atom stereocenters. The van der Waals surface area contributed by atoms with Crippen LogP contribution in [0.25, 0.3) is 0 Å². The van der Waals surface area contributed by atoms with Gasteiger partial charge >= 0.3 is 0 Å². The van der Waals surface area contributed by atoms with E-state index in [1.54, 1.807) is 6.92 Å². The number of amides is 1. The molecule has 1 rings (SSSR count). The third-order valence-electron chi connectivity index (χ3n) is 3.11. The standard InChI is InChI=1S/C16H25NO2/c1-4-6-9-12-17-16(18)13(3)19-15-11-8-7-10-14(15)5-2/h7-8,10-11,13H,4-6,9,12H2,1-3H3,(H,17,18)/t13-/m0/s1. The SMILES string of the molecule is CCCCCNC(=O)[C@H](C)Oc1ccccc1CC. The van der Waals surface area contributed by atoms with E-state index in [-0.39, 0.29) is 5.91 Å². The van der Waals surface area contributed by atoms with Crippen molar-refractivity contribution < 1.29 is 9.53 Å². The topological polar surface area (TPSA) is 38.3 Å². The van der Waals surface area contributed by atoms with Crippen LogP contribution in [0.3, 0.4) is 0 Å². The number of hydrogen-bond donors (Lipinski definition) is 1. The minimum absolute atomic E-state index is 0.0398. The molecule has 0 radical (unpaired) electrons. The molecule has 19 heavy (non-hydrogen) atoms. The van der Waals surface area contributed by atoms with E-state index in [1.165, 1.54) is 0 Å². The highest BCUT2D eigenvalue weighted by molar-refractivity contribution is 5.80. The molecule has 0 saturated carbocycles. The number of benzene rings is 1. The van der Waals surface area contributed by atoms with E-state index in [9.17, 15) is 4.79 Å². The molecule has 0 aliphatic rings. The Labute approximate surface area is 116 Å². The molecule has 0 saturated heterocycles. The first-order chi connectivity index (χ1) is 9.19. The van der Waals surface area contributed by atoms with Gasteiger partial charge in [0.1, 0.15) is 5.75 Å². The van der Waals surface area contributed by atoms with Crippen LogP contribution in [0.2, 0.25) is 0 Å². The smallest absolute Gasteiger partial charge is 0.260 e. The number of rotatable bonds is 8. The zero-order valence-electron chi connectivity index (χ0n) is 12.2. The zero-order chi connectivity index (χ0) is 14.1. The largest absolute Gasteiger partial charge is 0.481 e. The molecule has 3 heteroatoms. The Kier molecular flexibility index (Phi) is 7.01. The lowest BCUT2D eigenvalue weighted by Crippen LogP contribution is -2.36. The van der Waals surface area contributed by atoms with Gasteiger partial charge in [0, 0.05) is 6.54 Å². The summed E-state index contributed by atoms with van der Waals surface area (Å²) < 4.78 is 5.74. The molecule has 0 bridgehead atoms. The van der Waals surface area contributed by atoms with Gasteiger partial charge in [0.15, 0.2) is 6.10 Å². The van der Waals surface area contributed by atoms with E-state index in [1.807, 2.05) is 24.3 Å². The number of ether oxygens (including phenoxy) is 1. The summed E-state index contributed by atoms with van der Waals surface area (Å²) in [7, 11) is 0. The van der Waals surface area contributed by atoms with Gasteiger partial charge in [-0.15, -0.1) is 0 Å². The number of carbonyl (C=O) groups is 1. The van der Waals surface area contributed by atoms with Crippen LogP contribution in [0.1, 0.15) is 45.6 Å². The number of para-hydroxylation sites is 1. The van der Waals surface area contributed by atoms with Crippen molar-refractivity contribution in [1.82, 2.24) is 5.32 Å². The van der Waals surface area contributed by atoms with Crippen molar-refractivity contribution in [3.63, 3.8) is 0 Å². The predicted molar refractivity (Wildman–Crippen MR) is 78.4 cm³/mol. The van der Waals surface area contributed by atoms with Gasteiger partial charge in [0.25, 0.3) is 5.91 Å². The first-order valence-electron chi connectivity index (χ1n) is 7.21. The minimum Gasteiger partial charge on any atom is -0.481 e. The van der Waals surface area contributed by atoms with Crippen LogP contribution in [0.15, 0.2) is 24.3 Å². The molecule has 0 aromatic heterocycles. The summed E-state index contributed by atoms with van der Waals surface area (Å²) in [6.07, 6.45) is 3.79. The lowest BCUT2D eigenvalue weighted by Gasteiger charge is -2.16. The van der Waals surface area contributed by atoms with Crippen LogP contribution in [0.4, 0.5) is 0 Å². The number of nitrogens with one attached hydrogen (secondary N) is 1. The maximum atomic E-state index is 11.9.